The van der Waals surface area contributed by atoms with Crippen molar-refractivity contribution in [1.29, 1.82) is 0 Å². The van der Waals surface area contributed by atoms with E-state index in [1.54, 1.807) is 24.3 Å². The molecule has 1 heterocycles. The summed E-state index contributed by atoms with van der Waals surface area (Å²) in [5.74, 6) is -2.79. The molecule has 1 saturated heterocycles. The van der Waals surface area contributed by atoms with Gasteiger partial charge in [0.15, 0.2) is 11.6 Å². The van der Waals surface area contributed by atoms with Gasteiger partial charge in [0.2, 0.25) is 5.91 Å². The molecule has 0 bridgehead atoms. The second kappa shape index (κ2) is 6.08. The van der Waals surface area contributed by atoms with Crippen molar-refractivity contribution in [3.8, 4) is 0 Å². The van der Waals surface area contributed by atoms with E-state index in [-0.39, 0.29) is 18.0 Å². The molecule has 2 aromatic carbocycles. The number of anilines is 2. The number of para-hydroxylation sites is 1. The van der Waals surface area contributed by atoms with Crippen LogP contribution in [0, 0.1) is 11.6 Å². The zero-order chi connectivity index (χ0) is 16.6. The molecule has 7 heteroatoms. The molecule has 1 atom stereocenters. The van der Waals surface area contributed by atoms with Gasteiger partial charge in [0.25, 0.3) is 5.91 Å². The fourth-order valence-electron chi connectivity index (χ4n) is 2.42. The lowest BCUT2D eigenvalue weighted by molar-refractivity contribution is -0.121. The molecule has 0 aromatic heterocycles. The average molecular weight is 381 g/mol. The Labute approximate surface area is 139 Å². The van der Waals surface area contributed by atoms with Crippen LogP contribution in [0.1, 0.15) is 6.42 Å². The Morgan fingerprint density at radius 1 is 1.09 bits per heavy atom. The lowest BCUT2D eigenvalue weighted by Gasteiger charge is -2.17. The highest BCUT2D eigenvalue weighted by molar-refractivity contribution is 9.10. The number of amides is 2. The number of carbonyl (C=O) groups excluding carboxylic acids is 2. The first-order valence-electron chi connectivity index (χ1n) is 6.80. The summed E-state index contributed by atoms with van der Waals surface area (Å²) >= 11 is 3.31. The Bertz CT molecular complexity index is 797. The Hall–Kier alpha value is -2.28. The zero-order valence-corrected chi connectivity index (χ0v) is 13.3. The van der Waals surface area contributed by atoms with Gasteiger partial charge in [-0.2, -0.15) is 0 Å². The molecular weight excluding hydrogens is 370 g/mol. The molecule has 0 saturated carbocycles. The summed E-state index contributed by atoms with van der Waals surface area (Å²) in [5, 5.41) is 2.77. The van der Waals surface area contributed by atoms with E-state index in [2.05, 4.69) is 21.2 Å². The number of halogens is 3. The third-order valence-corrected chi connectivity index (χ3v) is 4.17. The van der Waals surface area contributed by atoms with Gasteiger partial charge in [-0.05, 0) is 40.2 Å². The van der Waals surface area contributed by atoms with E-state index in [4.69, 9.17) is 0 Å². The first kappa shape index (κ1) is 15.6. The minimum atomic E-state index is -1.02. The van der Waals surface area contributed by atoms with Crippen molar-refractivity contribution in [3.05, 3.63) is 58.6 Å². The maximum atomic E-state index is 13.2. The predicted molar refractivity (Wildman–Crippen MR) is 85.0 cm³/mol. The number of nitrogens with zero attached hydrogens (tertiary/aromatic N) is 1. The molecule has 4 nitrogen and oxygen atoms in total. The Kier molecular flexibility index (Phi) is 4.12. The number of hydrogen-bond donors (Lipinski definition) is 1. The number of rotatable bonds is 3. The van der Waals surface area contributed by atoms with E-state index < -0.39 is 23.6 Å². The molecule has 2 amide bonds. The van der Waals surface area contributed by atoms with Gasteiger partial charge in [0.05, 0.1) is 12.1 Å². The van der Waals surface area contributed by atoms with Crippen molar-refractivity contribution in [3.63, 3.8) is 0 Å². The van der Waals surface area contributed by atoms with Crippen molar-refractivity contribution in [1.82, 2.24) is 0 Å². The van der Waals surface area contributed by atoms with E-state index in [1.807, 2.05) is 0 Å². The Morgan fingerprint density at radius 2 is 1.83 bits per heavy atom. The van der Waals surface area contributed by atoms with Gasteiger partial charge in [-0.3, -0.25) is 9.59 Å². The molecule has 1 aliphatic heterocycles. The molecule has 0 unspecified atom stereocenters. The highest BCUT2D eigenvalue weighted by Crippen LogP contribution is 2.31. The van der Waals surface area contributed by atoms with Crippen LogP contribution in [-0.2, 0) is 9.59 Å². The number of carbonyl (C=O) groups is 2. The molecule has 23 heavy (non-hydrogen) atoms. The SMILES string of the molecule is O=C1C[C@@H](Nc2ccc(F)c(F)c2)C(=O)N1c1ccccc1Br. The third kappa shape index (κ3) is 2.96. The van der Waals surface area contributed by atoms with Crippen LogP contribution in [0.5, 0.6) is 0 Å². The van der Waals surface area contributed by atoms with E-state index in [1.165, 1.54) is 6.07 Å². The largest absolute Gasteiger partial charge is 0.373 e. The number of benzene rings is 2. The summed E-state index contributed by atoms with van der Waals surface area (Å²) in [6, 6.07) is 9.29. The van der Waals surface area contributed by atoms with Crippen LogP contribution in [0.15, 0.2) is 46.9 Å². The first-order valence-corrected chi connectivity index (χ1v) is 7.59. The smallest absolute Gasteiger partial charge is 0.256 e. The maximum Gasteiger partial charge on any atom is 0.256 e. The topological polar surface area (TPSA) is 49.4 Å². The molecule has 118 valence electrons. The lowest BCUT2D eigenvalue weighted by atomic mass is 10.2. The second-order valence-corrected chi connectivity index (χ2v) is 5.90. The molecule has 1 N–H and O–H groups in total. The van der Waals surface area contributed by atoms with E-state index in [9.17, 15) is 18.4 Å². The molecule has 1 aliphatic rings. The van der Waals surface area contributed by atoms with Gasteiger partial charge in [0.1, 0.15) is 6.04 Å². The van der Waals surface area contributed by atoms with Crippen molar-refractivity contribution in [2.45, 2.75) is 12.5 Å². The van der Waals surface area contributed by atoms with Crippen LogP contribution in [0.25, 0.3) is 0 Å². The van der Waals surface area contributed by atoms with E-state index >= 15 is 0 Å². The fourth-order valence-corrected chi connectivity index (χ4v) is 2.88. The minimum absolute atomic E-state index is 0.0564. The quantitative estimate of drug-likeness (QED) is 0.829. The third-order valence-electron chi connectivity index (χ3n) is 3.50. The van der Waals surface area contributed by atoms with Gasteiger partial charge in [-0.1, -0.05) is 12.1 Å². The molecule has 1 fully saturated rings. The van der Waals surface area contributed by atoms with Gasteiger partial charge < -0.3 is 5.32 Å². The summed E-state index contributed by atoms with van der Waals surface area (Å²) in [7, 11) is 0. The van der Waals surface area contributed by atoms with Crippen molar-refractivity contribution < 1.29 is 18.4 Å². The summed E-state index contributed by atoms with van der Waals surface area (Å²) in [4.78, 5) is 25.7. The predicted octanol–water partition coefficient (Wildman–Crippen LogP) is 3.47. The van der Waals surface area contributed by atoms with Crippen LogP contribution in [0.4, 0.5) is 20.2 Å². The number of hydrogen-bond acceptors (Lipinski definition) is 3. The lowest BCUT2D eigenvalue weighted by Crippen LogP contribution is -2.35. The highest BCUT2D eigenvalue weighted by atomic mass is 79.9. The van der Waals surface area contributed by atoms with Gasteiger partial charge in [-0.25, -0.2) is 13.7 Å². The van der Waals surface area contributed by atoms with Crippen LogP contribution < -0.4 is 10.2 Å². The molecule has 0 spiro atoms. The van der Waals surface area contributed by atoms with Crippen molar-refractivity contribution in [2.24, 2.45) is 0 Å². The van der Waals surface area contributed by atoms with Gasteiger partial charge >= 0.3 is 0 Å². The standard InChI is InChI=1S/C16H11BrF2N2O2/c17-10-3-1-2-4-14(10)21-15(22)8-13(16(21)23)20-9-5-6-11(18)12(19)7-9/h1-7,13,20H,8H2/t13-/m1/s1. The average Bonchev–Trinajstić information content (AvgIpc) is 2.78. The summed E-state index contributed by atoms with van der Waals surface area (Å²) in [6.07, 6.45) is -0.0564. The van der Waals surface area contributed by atoms with Gasteiger partial charge in [-0.15, -0.1) is 0 Å². The minimum Gasteiger partial charge on any atom is -0.373 e. The van der Waals surface area contributed by atoms with Crippen molar-refractivity contribution >= 4 is 39.1 Å². The summed E-state index contributed by atoms with van der Waals surface area (Å²) in [5.41, 5.74) is 0.695. The van der Waals surface area contributed by atoms with Crippen LogP contribution >= 0.6 is 15.9 Å². The second-order valence-electron chi connectivity index (χ2n) is 5.05. The molecule has 0 radical (unpaired) electrons. The zero-order valence-electron chi connectivity index (χ0n) is 11.7. The first-order chi connectivity index (χ1) is 11.0. The summed E-state index contributed by atoms with van der Waals surface area (Å²) < 4.78 is 26.8. The molecule has 3 rings (SSSR count). The highest BCUT2D eigenvalue weighted by Gasteiger charge is 2.40. The van der Waals surface area contributed by atoms with Crippen molar-refractivity contribution in [2.75, 3.05) is 10.2 Å². The Morgan fingerprint density at radius 3 is 2.52 bits per heavy atom. The van der Waals surface area contributed by atoms with Crippen LogP contribution in [0.3, 0.4) is 0 Å². The van der Waals surface area contributed by atoms with Gasteiger partial charge in [0, 0.05) is 16.2 Å². The Balaban J connectivity index is 1.84. The number of nitrogens with one attached hydrogen (secondary N) is 1. The van der Waals surface area contributed by atoms with Crippen LogP contribution in [0.2, 0.25) is 0 Å². The fraction of sp³-hybridized carbons (Fsp3) is 0.125. The molecule has 0 aliphatic carbocycles. The van der Waals surface area contributed by atoms with Crippen LogP contribution in [-0.4, -0.2) is 17.9 Å². The van der Waals surface area contributed by atoms with E-state index in [0.29, 0.717) is 10.2 Å². The monoisotopic (exact) mass is 380 g/mol. The normalized spacial score (nSPS) is 17.7. The number of imide groups is 1. The molecule has 2 aromatic rings. The van der Waals surface area contributed by atoms with E-state index in [0.717, 1.165) is 17.0 Å². The maximum absolute atomic E-state index is 13.2. The molecular formula is C16H11BrF2N2O2. The summed E-state index contributed by atoms with van der Waals surface area (Å²) in [6.45, 7) is 0.